The molecule has 1 saturated heterocycles. The van der Waals surface area contributed by atoms with Gasteiger partial charge in [0, 0.05) is 0 Å². The second-order valence-electron chi connectivity index (χ2n) is 8.12. The molecule has 35 heavy (non-hydrogen) atoms. The van der Waals surface area contributed by atoms with E-state index in [2.05, 4.69) is 28.2 Å². The molecule has 1 heterocycles. The SMILES string of the molecule is CCCCCCCCOc1c(Br)cc(/C=C2/C(=O)NC(=O)N(c3ccc(O)cc3)C2=O)cc1OC. The molecule has 0 saturated carbocycles. The third-order valence-corrected chi connectivity index (χ3v) is 6.11. The number of nitrogens with one attached hydrogen (secondary N) is 1. The molecule has 9 heteroatoms. The molecular formula is C26H29BrN2O6. The van der Waals surface area contributed by atoms with Crippen LogP contribution in [0.15, 0.2) is 46.4 Å². The second-order valence-corrected chi connectivity index (χ2v) is 8.98. The normalized spacial score (nSPS) is 14.9. The van der Waals surface area contributed by atoms with Gasteiger partial charge < -0.3 is 14.6 Å². The molecule has 1 aliphatic rings. The Hall–Kier alpha value is -3.33. The quantitative estimate of drug-likeness (QED) is 0.217. The van der Waals surface area contributed by atoms with Crippen LogP contribution in [0.2, 0.25) is 0 Å². The molecule has 1 fully saturated rings. The molecule has 0 aliphatic carbocycles. The fraction of sp³-hybridized carbons (Fsp3) is 0.346. The number of carbonyl (C=O) groups is 3. The van der Waals surface area contributed by atoms with Crippen LogP contribution >= 0.6 is 15.9 Å². The van der Waals surface area contributed by atoms with Crippen LogP contribution in [-0.2, 0) is 9.59 Å². The summed E-state index contributed by atoms with van der Waals surface area (Å²) in [5, 5.41) is 11.7. The number of benzene rings is 2. The van der Waals surface area contributed by atoms with Crippen LogP contribution in [0.3, 0.4) is 0 Å². The Morgan fingerprint density at radius 2 is 1.71 bits per heavy atom. The lowest BCUT2D eigenvalue weighted by atomic mass is 10.1. The highest BCUT2D eigenvalue weighted by Crippen LogP contribution is 2.37. The Kier molecular flexibility index (Phi) is 9.31. The highest BCUT2D eigenvalue weighted by atomic mass is 79.9. The average Bonchev–Trinajstić information content (AvgIpc) is 2.83. The number of aromatic hydroxyl groups is 1. The highest BCUT2D eigenvalue weighted by molar-refractivity contribution is 9.10. The number of imide groups is 2. The highest BCUT2D eigenvalue weighted by Gasteiger charge is 2.36. The predicted molar refractivity (Wildman–Crippen MR) is 137 cm³/mol. The van der Waals surface area contributed by atoms with Gasteiger partial charge in [-0.2, -0.15) is 0 Å². The molecule has 1 aliphatic heterocycles. The second kappa shape index (κ2) is 12.4. The van der Waals surface area contributed by atoms with Gasteiger partial charge in [0.1, 0.15) is 11.3 Å². The first-order valence-electron chi connectivity index (χ1n) is 11.6. The molecule has 0 bridgehead atoms. The number of phenolic OH excluding ortho intramolecular Hbond substituents is 1. The van der Waals surface area contributed by atoms with E-state index >= 15 is 0 Å². The van der Waals surface area contributed by atoms with Crippen LogP contribution in [0, 0.1) is 0 Å². The number of hydrogen-bond donors (Lipinski definition) is 2. The van der Waals surface area contributed by atoms with Gasteiger partial charge in [-0.25, -0.2) is 9.69 Å². The lowest BCUT2D eigenvalue weighted by Crippen LogP contribution is -2.54. The average molecular weight is 545 g/mol. The van der Waals surface area contributed by atoms with Gasteiger partial charge in [-0.1, -0.05) is 39.0 Å². The molecule has 8 nitrogen and oxygen atoms in total. The van der Waals surface area contributed by atoms with Gasteiger partial charge in [0.15, 0.2) is 11.5 Å². The van der Waals surface area contributed by atoms with Gasteiger partial charge >= 0.3 is 6.03 Å². The van der Waals surface area contributed by atoms with E-state index in [-0.39, 0.29) is 17.0 Å². The van der Waals surface area contributed by atoms with Crippen molar-refractivity contribution in [3.63, 3.8) is 0 Å². The number of nitrogens with zero attached hydrogens (tertiary/aromatic N) is 1. The monoisotopic (exact) mass is 544 g/mol. The number of barbiturate groups is 1. The Morgan fingerprint density at radius 3 is 2.40 bits per heavy atom. The lowest BCUT2D eigenvalue weighted by molar-refractivity contribution is -0.122. The minimum absolute atomic E-state index is 0.0128. The van der Waals surface area contributed by atoms with E-state index in [1.54, 1.807) is 12.1 Å². The number of methoxy groups -OCH3 is 1. The van der Waals surface area contributed by atoms with Crippen LogP contribution in [0.25, 0.3) is 6.08 Å². The van der Waals surface area contributed by atoms with Crippen LogP contribution in [0.1, 0.15) is 51.0 Å². The van der Waals surface area contributed by atoms with Crippen molar-refractivity contribution in [3.05, 3.63) is 52.0 Å². The maximum Gasteiger partial charge on any atom is 0.335 e. The van der Waals surface area contributed by atoms with Gasteiger partial charge in [-0.05, 0) is 70.4 Å². The lowest BCUT2D eigenvalue weighted by Gasteiger charge is -2.26. The maximum absolute atomic E-state index is 13.1. The Labute approximate surface area is 213 Å². The maximum atomic E-state index is 13.1. The number of urea groups is 1. The summed E-state index contributed by atoms with van der Waals surface area (Å²) < 4.78 is 12.0. The number of anilines is 1. The molecule has 2 N–H and O–H groups in total. The van der Waals surface area contributed by atoms with E-state index < -0.39 is 17.8 Å². The first-order chi connectivity index (χ1) is 16.8. The van der Waals surface area contributed by atoms with E-state index in [0.717, 1.165) is 17.7 Å². The third kappa shape index (κ3) is 6.63. The van der Waals surface area contributed by atoms with Crippen LogP contribution in [0.5, 0.6) is 17.2 Å². The van der Waals surface area contributed by atoms with E-state index in [1.165, 1.54) is 63.1 Å². The number of phenols is 1. The van der Waals surface area contributed by atoms with Crippen molar-refractivity contribution >= 4 is 45.5 Å². The minimum Gasteiger partial charge on any atom is -0.508 e. The fourth-order valence-corrected chi connectivity index (χ4v) is 4.25. The van der Waals surface area contributed by atoms with Gasteiger partial charge in [-0.15, -0.1) is 0 Å². The topological polar surface area (TPSA) is 105 Å². The van der Waals surface area contributed by atoms with Crippen LogP contribution in [0.4, 0.5) is 10.5 Å². The third-order valence-electron chi connectivity index (χ3n) is 5.52. The van der Waals surface area contributed by atoms with Crippen molar-refractivity contribution in [3.8, 4) is 17.2 Å². The van der Waals surface area contributed by atoms with E-state index in [0.29, 0.717) is 28.1 Å². The van der Waals surface area contributed by atoms with Crippen molar-refractivity contribution in [2.24, 2.45) is 0 Å². The van der Waals surface area contributed by atoms with Crippen molar-refractivity contribution in [1.29, 1.82) is 0 Å². The summed E-state index contributed by atoms with van der Waals surface area (Å²) in [6.45, 7) is 2.74. The van der Waals surface area contributed by atoms with E-state index in [4.69, 9.17) is 9.47 Å². The number of ether oxygens (including phenoxy) is 2. The van der Waals surface area contributed by atoms with Crippen LogP contribution < -0.4 is 19.7 Å². The smallest absolute Gasteiger partial charge is 0.335 e. The van der Waals surface area contributed by atoms with Crippen molar-refractivity contribution in [2.45, 2.75) is 45.4 Å². The first kappa shape index (κ1) is 26.3. The van der Waals surface area contributed by atoms with Gasteiger partial charge in [0.05, 0.1) is 23.9 Å². The van der Waals surface area contributed by atoms with Crippen molar-refractivity contribution in [2.75, 3.05) is 18.6 Å². The van der Waals surface area contributed by atoms with E-state index in [1.807, 2.05) is 0 Å². The minimum atomic E-state index is -0.861. The summed E-state index contributed by atoms with van der Waals surface area (Å²) in [6, 6.07) is 8.04. The zero-order chi connectivity index (χ0) is 25.4. The van der Waals surface area contributed by atoms with Crippen molar-refractivity contribution in [1.82, 2.24) is 5.32 Å². The summed E-state index contributed by atoms with van der Waals surface area (Å²) in [6.07, 6.45) is 8.29. The van der Waals surface area contributed by atoms with Gasteiger partial charge in [0.2, 0.25) is 0 Å². The molecule has 4 amide bonds. The number of unbranched alkanes of at least 4 members (excludes halogenated alkanes) is 5. The summed E-state index contributed by atoms with van der Waals surface area (Å²) in [7, 11) is 1.51. The van der Waals surface area contributed by atoms with Crippen molar-refractivity contribution < 1.29 is 29.0 Å². The number of rotatable bonds is 11. The summed E-state index contributed by atoms with van der Waals surface area (Å²) in [5.41, 5.74) is 0.521. The Morgan fingerprint density at radius 1 is 1.03 bits per heavy atom. The van der Waals surface area contributed by atoms with E-state index in [9.17, 15) is 19.5 Å². The summed E-state index contributed by atoms with van der Waals surface area (Å²) >= 11 is 3.49. The standard InChI is InChI=1S/C26H29BrN2O6/c1-3-4-5-6-7-8-13-35-23-21(27)15-17(16-22(23)34-2)14-20-24(31)28-26(33)29(25(20)32)18-9-11-19(30)12-10-18/h9-12,14-16,30H,3-8,13H2,1-2H3,(H,28,31,33)/b20-14-. The predicted octanol–water partition coefficient (Wildman–Crippen LogP) is 5.57. The van der Waals surface area contributed by atoms with Crippen LogP contribution in [-0.4, -0.2) is 36.7 Å². The first-order valence-corrected chi connectivity index (χ1v) is 12.4. The molecule has 0 aromatic heterocycles. The van der Waals surface area contributed by atoms with Gasteiger partial charge in [-0.3, -0.25) is 14.9 Å². The number of halogens is 1. The molecule has 2 aromatic rings. The molecule has 2 aromatic carbocycles. The molecule has 186 valence electrons. The number of amides is 4. The summed E-state index contributed by atoms with van der Waals surface area (Å²) in [5.74, 6) is -0.589. The number of carbonyl (C=O) groups excluding carboxylic acids is 3. The fourth-order valence-electron chi connectivity index (χ4n) is 3.68. The Balaban J connectivity index is 1.78. The number of hydrogen-bond acceptors (Lipinski definition) is 6. The summed E-state index contributed by atoms with van der Waals surface area (Å²) in [4.78, 5) is 38.7. The molecule has 0 atom stereocenters. The largest absolute Gasteiger partial charge is 0.508 e. The molecular weight excluding hydrogens is 516 g/mol. The zero-order valence-electron chi connectivity index (χ0n) is 19.8. The Bertz CT molecular complexity index is 1110. The zero-order valence-corrected chi connectivity index (χ0v) is 21.4. The van der Waals surface area contributed by atoms with Gasteiger partial charge in [0.25, 0.3) is 11.8 Å². The molecule has 0 unspecified atom stereocenters. The molecule has 3 rings (SSSR count). The molecule has 0 spiro atoms. The molecule has 0 radical (unpaired) electrons.